The molecule has 0 heterocycles. The van der Waals surface area contributed by atoms with Crippen LogP contribution in [-0.4, -0.2) is 73.4 Å². The molecule has 0 radical (unpaired) electrons. The highest BCUT2D eigenvalue weighted by molar-refractivity contribution is 7.47. The summed E-state index contributed by atoms with van der Waals surface area (Å²) in [7, 11) is 1.65. The number of carbonyl (C=O) groups excluding carboxylic acids is 1. The fraction of sp³-hybridized carbons (Fsp3) is 0.988. The Hall–Kier alpha value is -0.500. The van der Waals surface area contributed by atoms with E-state index in [1.807, 2.05) is 21.1 Å². The van der Waals surface area contributed by atoms with Gasteiger partial charge in [0.05, 0.1) is 39.9 Å². The lowest BCUT2D eigenvalue weighted by Gasteiger charge is -2.26. The van der Waals surface area contributed by atoms with Crippen LogP contribution in [0.25, 0.3) is 0 Å². The van der Waals surface area contributed by atoms with Gasteiger partial charge in [-0.25, -0.2) is 4.57 Å². The highest BCUT2D eigenvalue weighted by atomic mass is 31.2. The first kappa shape index (κ1) is 90.5. The molecule has 0 saturated carbocycles. The van der Waals surface area contributed by atoms with Crippen LogP contribution in [0, 0.1) is 0 Å². The van der Waals surface area contributed by atoms with Gasteiger partial charge in [0.1, 0.15) is 13.2 Å². The van der Waals surface area contributed by atoms with E-state index in [1.165, 1.54) is 405 Å². The van der Waals surface area contributed by atoms with Gasteiger partial charge in [0.2, 0.25) is 5.91 Å². The zero-order valence-electron chi connectivity index (χ0n) is 62.9. The van der Waals surface area contributed by atoms with E-state index in [1.54, 1.807) is 0 Å². The highest BCUT2D eigenvalue weighted by Gasteiger charge is 2.28. The Balaban J connectivity index is 3.86. The van der Waals surface area contributed by atoms with Gasteiger partial charge in [-0.05, 0) is 12.8 Å². The van der Waals surface area contributed by atoms with Gasteiger partial charge in [0, 0.05) is 6.42 Å². The lowest BCUT2D eigenvalue weighted by atomic mass is 10.0. The minimum Gasteiger partial charge on any atom is -0.391 e. The second-order valence-corrected chi connectivity index (χ2v) is 32.0. The van der Waals surface area contributed by atoms with Crippen LogP contribution in [-0.2, 0) is 18.4 Å². The smallest absolute Gasteiger partial charge is 0.391 e. The van der Waals surface area contributed by atoms with Crippen molar-refractivity contribution < 1.29 is 32.9 Å². The molecule has 0 aliphatic heterocycles. The molecule has 9 heteroatoms. The zero-order chi connectivity index (χ0) is 66.2. The third-order valence-electron chi connectivity index (χ3n) is 20.1. The third-order valence-corrected chi connectivity index (χ3v) is 21.1. The van der Waals surface area contributed by atoms with Gasteiger partial charge in [0.25, 0.3) is 0 Å². The largest absolute Gasteiger partial charge is 0.472 e. The lowest BCUT2D eigenvalue weighted by Crippen LogP contribution is -2.46. The van der Waals surface area contributed by atoms with E-state index in [4.69, 9.17) is 9.05 Å². The maximum absolute atomic E-state index is 13.1. The average Bonchev–Trinajstić information content (AvgIpc) is 3.56. The van der Waals surface area contributed by atoms with Crippen LogP contribution < -0.4 is 5.32 Å². The van der Waals surface area contributed by atoms with E-state index in [9.17, 15) is 19.4 Å². The molecule has 546 valence electrons. The Morgan fingerprint density at radius 3 is 0.736 bits per heavy atom. The molecule has 0 fully saturated rings. The topological polar surface area (TPSA) is 105 Å². The molecule has 3 unspecified atom stereocenters. The summed E-state index contributed by atoms with van der Waals surface area (Å²) in [5.41, 5.74) is 0. The Morgan fingerprint density at radius 2 is 0.527 bits per heavy atom. The SMILES string of the molecule is CCCCCCCCCCCCCCCCCCCCCCCCCCCCCCCCCCCCCCCCC(=O)NC(COP(=O)(O)OCC[N+](C)(C)C)C(O)CCCCCCCCCCCCCCCCCCCCCCCCCCCCCCCCC. The molecule has 0 aromatic carbocycles. The third kappa shape index (κ3) is 76.7. The first-order valence-electron chi connectivity index (χ1n) is 41.9. The van der Waals surface area contributed by atoms with Crippen molar-refractivity contribution in [3.63, 3.8) is 0 Å². The minimum atomic E-state index is -4.33. The fourth-order valence-electron chi connectivity index (χ4n) is 13.6. The number of phosphoric ester groups is 1. The summed E-state index contributed by atoms with van der Waals surface area (Å²) < 4.78 is 24.0. The number of hydrogen-bond acceptors (Lipinski definition) is 5. The molecule has 0 saturated heterocycles. The number of aliphatic hydroxyl groups is 1. The number of unbranched alkanes of at least 4 members (excludes halogenated alkanes) is 67. The molecule has 3 atom stereocenters. The van der Waals surface area contributed by atoms with E-state index in [2.05, 4.69) is 19.2 Å². The predicted octanol–water partition coefficient (Wildman–Crippen LogP) is 27.4. The van der Waals surface area contributed by atoms with Gasteiger partial charge in [-0.3, -0.25) is 13.8 Å². The molecular weight excluding hydrogens is 1140 g/mol. The van der Waals surface area contributed by atoms with Crippen LogP contribution in [0.15, 0.2) is 0 Å². The number of quaternary nitrogens is 1. The van der Waals surface area contributed by atoms with Gasteiger partial charge in [-0.1, -0.05) is 450 Å². The van der Waals surface area contributed by atoms with Crippen molar-refractivity contribution in [2.75, 3.05) is 40.9 Å². The number of rotatable bonds is 80. The Morgan fingerprint density at radius 1 is 0.330 bits per heavy atom. The number of nitrogens with zero attached hydrogens (tertiary/aromatic N) is 1. The van der Waals surface area contributed by atoms with Crippen molar-refractivity contribution in [3.8, 4) is 0 Å². The van der Waals surface area contributed by atoms with E-state index in [0.717, 1.165) is 38.5 Å². The molecule has 0 aliphatic carbocycles. The van der Waals surface area contributed by atoms with Gasteiger partial charge in [0.15, 0.2) is 0 Å². The van der Waals surface area contributed by atoms with Crippen molar-refractivity contribution in [3.05, 3.63) is 0 Å². The monoisotopic (exact) mass is 1310 g/mol. The number of hydrogen-bond donors (Lipinski definition) is 3. The van der Waals surface area contributed by atoms with Crippen LogP contribution in [0.1, 0.15) is 470 Å². The number of amides is 1. The first-order valence-corrected chi connectivity index (χ1v) is 43.4. The zero-order valence-corrected chi connectivity index (χ0v) is 63.8. The summed E-state index contributed by atoms with van der Waals surface area (Å²) in [6, 6.07) is -0.758. The summed E-state index contributed by atoms with van der Waals surface area (Å²) in [5, 5.41) is 14.2. The molecule has 91 heavy (non-hydrogen) atoms. The summed E-state index contributed by atoms with van der Waals surface area (Å²) in [5.74, 6) is -0.131. The van der Waals surface area contributed by atoms with Crippen molar-refractivity contribution in [2.45, 2.75) is 482 Å². The van der Waals surface area contributed by atoms with Gasteiger partial charge in [-0.15, -0.1) is 0 Å². The van der Waals surface area contributed by atoms with Crippen LogP contribution in [0.2, 0.25) is 0 Å². The van der Waals surface area contributed by atoms with Crippen LogP contribution in [0.5, 0.6) is 0 Å². The van der Waals surface area contributed by atoms with E-state index >= 15 is 0 Å². The van der Waals surface area contributed by atoms with E-state index in [0.29, 0.717) is 23.9 Å². The Kier molecular flexibility index (Phi) is 73.3. The summed E-state index contributed by atoms with van der Waals surface area (Å²) in [4.78, 5) is 23.5. The molecule has 0 spiro atoms. The molecular formula is C82H168N2O6P+. The molecule has 3 N–H and O–H groups in total. The van der Waals surface area contributed by atoms with Crippen molar-refractivity contribution in [1.29, 1.82) is 0 Å². The van der Waals surface area contributed by atoms with Crippen molar-refractivity contribution >= 4 is 13.7 Å². The standard InChI is InChI=1S/C82H167N2O6P/c1-6-8-10-12-14-16-18-20-22-24-26-28-30-32-34-36-38-39-40-41-42-43-44-46-48-50-52-54-56-58-60-62-64-66-68-70-72-74-76-82(86)83-80(79-90-91(87,88)89-78-77-84(3,4)5)81(85)75-73-71-69-67-65-63-61-59-57-55-53-51-49-47-45-37-35-33-31-29-27-25-23-21-19-17-15-13-11-9-7-2/h80-81,85H,6-79H2,1-5H3,(H-,83,86,87,88)/p+1. The van der Waals surface area contributed by atoms with Gasteiger partial charge >= 0.3 is 7.82 Å². The minimum absolute atomic E-state index is 0.0797. The second kappa shape index (κ2) is 73.7. The molecule has 0 rings (SSSR count). The number of nitrogens with one attached hydrogen (secondary N) is 1. The second-order valence-electron chi connectivity index (χ2n) is 30.6. The van der Waals surface area contributed by atoms with E-state index < -0.39 is 20.0 Å². The molecule has 0 aliphatic rings. The van der Waals surface area contributed by atoms with Gasteiger partial charge < -0.3 is 19.8 Å². The molecule has 1 amide bonds. The number of phosphoric acid groups is 1. The maximum Gasteiger partial charge on any atom is 0.472 e. The average molecular weight is 1310 g/mol. The normalized spacial score (nSPS) is 13.4. The molecule has 0 aromatic heterocycles. The van der Waals surface area contributed by atoms with Crippen LogP contribution in [0.4, 0.5) is 0 Å². The summed E-state index contributed by atoms with van der Waals surface area (Å²) in [6.45, 7) is 4.98. The van der Waals surface area contributed by atoms with Gasteiger partial charge in [-0.2, -0.15) is 0 Å². The maximum atomic E-state index is 13.1. The fourth-order valence-corrected chi connectivity index (χ4v) is 14.4. The molecule has 0 aromatic rings. The Bertz CT molecular complexity index is 1440. The van der Waals surface area contributed by atoms with Crippen LogP contribution >= 0.6 is 7.82 Å². The number of carbonyl (C=O) groups is 1. The first-order chi connectivity index (χ1) is 44.5. The van der Waals surface area contributed by atoms with Crippen molar-refractivity contribution in [1.82, 2.24) is 5.32 Å². The highest BCUT2D eigenvalue weighted by Crippen LogP contribution is 2.43. The van der Waals surface area contributed by atoms with Crippen LogP contribution in [0.3, 0.4) is 0 Å². The number of likely N-dealkylation sites (N-methyl/N-ethyl adjacent to an activating group) is 1. The Labute approximate surface area is 571 Å². The van der Waals surface area contributed by atoms with E-state index in [-0.39, 0.29) is 19.1 Å². The lowest BCUT2D eigenvalue weighted by molar-refractivity contribution is -0.870. The van der Waals surface area contributed by atoms with Crippen molar-refractivity contribution in [2.24, 2.45) is 0 Å². The molecule has 8 nitrogen and oxygen atoms in total. The quantitative estimate of drug-likeness (QED) is 0.0318. The number of aliphatic hydroxyl groups excluding tert-OH is 1. The molecule has 0 bridgehead atoms. The summed E-state index contributed by atoms with van der Waals surface area (Å²) in [6.07, 6.45) is 95.7. The summed E-state index contributed by atoms with van der Waals surface area (Å²) >= 11 is 0. The predicted molar refractivity (Wildman–Crippen MR) is 402 cm³/mol.